The molecule has 0 spiro atoms. The van der Waals surface area contributed by atoms with Crippen LogP contribution in [0.15, 0.2) is 53.9 Å². The smallest absolute Gasteiger partial charge is 0.258 e. The average Bonchev–Trinajstić information content (AvgIpc) is 3.60. The summed E-state index contributed by atoms with van der Waals surface area (Å²) >= 11 is 1.65. The molecule has 0 N–H and O–H groups in total. The van der Waals surface area contributed by atoms with Gasteiger partial charge in [-0.15, -0.1) is 11.3 Å². The lowest BCUT2D eigenvalue weighted by atomic mass is 10.1. The second-order valence-corrected chi connectivity index (χ2v) is 9.32. The molecule has 1 aliphatic rings. The molecule has 1 fully saturated rings. The minimum Gasteiger partial charge on any atom is -0.497 e. The van der Waals surface area contributed by atoms with Gasteiger partial charge >= 0.3 is 0 Å². The highest BCUT2D eigenvalue weighted by molar-refractivity contribution is 7.09. The monoisotopic (exact) mass is 481 g/mol. The van der Waals surface area contributed by atoms with Gasteiger partial charge in [0.1, 0.15) is 18.1 Å². The van der Waals surface area contributed by atoms with Gasteiger partial charge in [-0.1, -0.05) is 25.0 Å². The Hall–Kier alpha value is -3.19. The van der Waals surface area contributed by atoms with E-state index in [1.165, 1.54) is 0 Å². The number of thiophene rings is 1. The summed E-state index contributed by atoms with van der Waals surface area (Å²) in [5.41, 5.74) is 1.50. The van der Waals surface area contributed by atoms with Gasteiger partial charge in [0.2, 0.25) is 0 Å². The van der Waals surface area contributed by atoms with Crippen molar-refractivity contribution in [3.8, 4) is 23.0 Å². The van der Waals surface area contributed by atoms with Crippen LogP contribution in [-0.4, -0.2) is 38.2 Å². The maximum absolute atomic E-state index is 13.8. The second-order valence-electron chi connectivity index (χ2n) is 8.29. The van der Waals surface area contributed by atoms with Crippen molar-refractivity contribution >= 4 is 17.2 Å². The maximum Gasteiger partial charge on any atom is 0.258 e. The quantitative estimate of drug-likeness (QED) is 0.359. The Morgan fingerprint density at radius 3 is 2.38 bits per heavy atom. The van der Waals surface area contributed by atoms with Crippen LogP contribution in [0.2, 0.25) is 0 Å². The van der Waals surface area contributed by atoms with Crippen LogP contribution in [0.3, 0.4) is 0 Å². The highest BCUT2D eigenvalue weighted by Gasteiger charge is 2.29. The van der Waals surface area contributed by atoms with E-state index < -0.39 is 0 Å². The minimum atomic E-state index is -0.0560. The number of hydrogen-bond donors (Lipinski definition) is 0. The van der Waals surface area contributed by atoms with Crippen LogP contribution in [0.5, 0.6) is 23.0 Å². The van der Waals surface area contributed by atoms with Gasteiger partial charge in [0.15, 0.2) is 11.5 Å². The first kappa shape index (κ1) is 24.0. The van der Waals surface area contributed by atoms with E-state index in [0.29, 0.717) is 41.7 Å². The molecule has 3 aromatic rings. The zero-order chi connectivity index (χ0) is 23.9. The third-order valence-electron chi connectivity index (χ3n) is 6.19. The number of rotatable bonds is 10. The average molecular weight is 482 g/mol. The van der Waals surface area contributed by atoms with Crippen molar-refractivity contribution in [2.75, 3.05) is 21.3 Å². The number of methoxy groups -OCH3 is 3. The Labute approximate surface area is 205 Å². The van der Waals surface area contributed by atoms with Crippen LogP contribution < -0.4 is 18.9 Å². The van der Waals surface area contributed by atoms with Crippen molar-refractivity contribution in [1.29, 1.82) is 0 Å². The van der Waals surface area contributed by atoms with E-state index in [-0.39, 0.29) is 11.9 Å². The van der Waals surface area contributed by atoms with Crippen molar-refractivity contribution in [1.82, 2.24) is 4.90 Å². The Morgan fingerprint density at radius 2 is 1.71 bits per heavy atom. The lowest BCUT2D eigenvalue weighted by molar-refractivity contribution is 0.0660. The zero-order valence-corrected chi connectivity index (χ0v) is 20.7. The fraction of sp³-hybridized carbons (Fsp3) is 0.370. The van der Waals surface area contributed by atoms with E-state index in [0.717, 1.165) is 36.1 Å². The third kappa shape index (κ3) is 5.47. The van der Waals surface area contributed by atoms with Crippen LogP contribution in [0.4, 0.5) is 0 Å². The summed E-state index contributed by atoms with van der Waals surface area (Å²) in [6.07, 6.45) is 4.24. The molecule has 1 heterocycles. The lowest BCUT2D eigenvalue weighted by Gasteiger charge is -2.30. The molecule has 0 aliphatic heterocycles. The number of amides is 1. The molecular formula is C27H31NO5S. The molecule has 34 heavy (non-hydrogen) atoms. The SMILES string of the molecule is COc1ccc(OC)c(C(=O)N(Cc2ccc(OC)c(OCc3cccs3)c2)C2CCCC2)c1. The van der Waals surface area contributed by atoms with Crippen molar-refractivity contribution in [3.05, 3.63) is 69.9 Å². The Balaban J connectivity index is 1.61. The molecule has 0 bridgehead atoms. The summed E-state index contributed by atoms with van der Waals surface area (Å²) in [6.45, 7) is 0.951. The van der Waals surface area contributed by atoms with Gasteiger partial charge in [-0.3, -0.25) is 4.79 Å². The second kappa shape index (κ2) is 11.3. The molecule has 7 heteroatoms. The Bertz CT molecular complexity index is 1090. The summed E-state index contributed by atoms with van der Waals surface area (Å²) in [7, 11) is 4.81. The topological polar surface area (TPSA) is 57.2 Å². The predicted molar refractivity (Wildman–Crippen MR) is 133 cm³/mol. The van der Waals surface area contributed by atoms with Gasteiger partial charge in [0, 0.05) is 17.5 Å². The standard InChI is InChI=1S/C27H31NO5S/c1-30-21-11-13-24(31-2)23(16-21)27(29)28(20-7-4-5-8-20)17-19-10-12-25(32-3)26(15-19)33-18-22-9-6-14-34-22/h6,9-16,20H,4-5,7-8,17-18H2,1-3H3. The first-order valence-corrected chi connectivity index (χ1v) is 12.4. The highest BCUT2D eigenvalue weighted by atomic mass is 32.1. The van der Waals surface area contributed by atoms with Gasteiger partial charge < -0.3 is 23.8 Å². The van der Waals surface area contributed by atoms with Crippen LogP contribution in [0, 0.1) is 0 Å². The van der Waals surface area contributed by atoms with Crippen molar-refractivity contribution in [3.63, 3.8) is 0 Å². The molecule has 2 aromatic carbocycles. The molecule has 0 unspecified atom stereocenters. The summed E-state index contributed by atoms with van der Waals surface area (Å²) < 4.78 is 22.5. The molecular weight excluding hydrogens is 450 g/mol. The molecule has 0 saturated heterocycles. The molecule has 1 amide bonds. The van der Waals surface area contributed by atoms with Crippen molar-refractivity contribution < 1.29 is 23.7 Å². The molecule has 1 aromatic heterocycles. The van der Waals surface area contributed by atoms with E-state index in [4.69, 9.17) is 18.9 Å². The fourth-order valence-electron chi connectivity index (χ4n) is 4.39. The van der Waals surface area contributed by atoms with Gasteiger partial charge in [0.25, 0.3) is 5.91 Å². The van der Waals surface area contributed by atoms with Crippen LogP contribution >= 0.6 is 11.3 Å². The van der Waals surface area contributed by atoms with Crippen molar-refractivity contribution in [2.45, 2.75) is 44.9 Å². The van der Waals surface area contributed by atoms with Gasteiger partial charge in [0.05, 0.1) is 26.9 Å². The van der Waals surface area contributed by atoms with E-state index in [1.807, 2.05) is 40.6 Å². The molecule has 180 valence electrons. The van der Waals surface area contributed by atoms with Crippen LogP contribution in [0.1, 0.15) is 46.5 Å². The zero-order valence-electron chi connectivity index (χ0n) is 19.9. The summed E-state index contributed by atoms with van der Waals surface area (Å²) in [5, 5.41) is 2.03. The van der Waals surface area contributed by atoms with E-state index in [2.05, 4.69) is 0 Å². The van der Waals surface area contributed by atoms with Gasteiger partial charge in [-0.25, -0.2) is 0 Å². The Kier molecular flexibility index (Phi) is 7.95. The number of carbonyl (C=O) groups is 1. The number of carbonyl (C=O) groups excluding carboxylic acids is 1. The molecule has 1 aliphatic carbocycles. The van der Waals surface area contributed by atoms with E-state index in [1.54, 1.807) is 50.9 Å². The highest BCUT2D eigenvalue weighted by Crippen LogP contribution is 2.33. The normalized spacial score (nSPS) is 13.5. The largest absolute Gasteiger partial charge is 0.497 e. The van der Waals surface area contributed by atoms with Crippen LogP contribution in [-0.2, 0) is 13.2 Å². The van der Waals surface area contributed by atoms with E-state index in [9.17, 15) is 4.79 Å². The fourth-order valence-corrected chi connectivity index (χ4v) is 5.01. The van der Waals surface area contributed by atoms with E-state index >= 15 is 0 Å². The number of hydrogen-bond acceptors (Lipinski definition) is 6. The first-order chi connectivity index (χ1) is 16.6. The minimum absolute atomic E-state index is 0.0560. The third-order valence-corrected chi connectivity index (χ3v) is 7.04. The Morgan fingerprint density at radius 1 is 0.941 bits per heavy atom. The molecule has 4 rings (SSSR count). The van der Waals surface area contributed by atoms with Gasteiger partial charge in [-0.2, -0.15) is 0 Å². The summed E-state index contributed by atoms with van der Waals surface area (Å²) in [5.74, 6) is 2.46. The maximum atomic E-state index is 13.8. The molecule has 0 atom stereocenters. The molecule has 6 nitrogen and oxygen atoms in total. The van der Waals surface area contributed by atoms with Crippen molar-refractivity contribution in [2.24, 2.45) is 0 Å². The summed E-state index contributed by atoms with van der Waals surface area (Å²) in [4.78, 5) is 16.9. The lowest BCUT2D eigenvalue weighted by Crippen LogP contribution is -2.38. The number of nitrogens with zero attached hydrogens (tertiary/aromatic N) is 1. The van der Waals surface area contributed by atoms with Gasteiger partial charge in [-0.05, 0) is 60.2 Å². The molecule has 1 saturated carbocycles. The number of ether oxygens (including phenoxy) is 4. The molecule has 0 radical (unpaired) electrons. The first-order valence-electron chi connectivity index (χ1n) is 11.5. The predicted octanol–water partition coefficient (Wildman–Crippen LogP) is 5.94. The summed E-state index contributed by atoms with van der Waals surface area (Å²) in [6, 6.07) is 15.5. The number of benzene rings is 2. The van der Waals surface area contributed by atoms with Crippen LogP contribution in [0.25, 0.3) is 0 Å².